The van der Waals surface area contributed by atoms with Crippen molar-refractivity contribution in [2.75, 3.05) is 0 Å². The van der Waals surface area contributed by atoms with E-state index < -0.39 is 22.0 Å². The van der Waals surface area contributed by atoms with Crippen molar-refractivity contribution in [3.8, 4) is 0 Å². The Kier molecular flexibility index (Phi) is 4.76. The topological polar surface area (TPSA) is 101 Å². The first-order valence-electron chi connectivity index (χ1n) is 7.36. The zero-order valence-electron chi connectivity index (χ0n) is 13.5. The number of sulfonamides is 1. The molecule has 0 saturated carbocycles. The van der Waals surface area contributed by atoms with Crippen molar-refractivity contribution in [2.24, 2.45) is 5.92 Å². The number of nitrogens with zero attached hydrogens (tertiary/aromatic N) is 2. The molecule has 7 nitrogen and oxygen atoms in total. The van der Waals surface area contributed by atoms with Gasteiger partial charge >= 0.3 is 5.97 Å². The predicted molar refractivity (Wildman–Crippen MR) is 86.7 cm³/mol. The van der Waals surface area contributed by atoms with Gasteiger partial charge in [0.05, 0.1) is 16.6 Å². The molecule has 0 spiro atoms. The summed E-state index contributed by atoms with van der Waals surface area (Å²) in [5.74, 6) is -1.56. The van der Waals surface area contributed by atoms with Crippen molar-refractivity contribution < 1.29 is 18.3 Å². The minimum absolute atomic E-state index is 0.0280. The van der Waals surface area contributed by atoms with Gasteiger partial charge in [-0.2, -0.15) is 9.82 Å². The highest BCUT2D eigenvalue weighted by atomic mass is 32.2. The molecule has 0 bridgehead atoms. The van der Waals surface area contributed by atoms with Gasteiger partial charge < -0.3 is 5.11 Å². The van der Waals surface area contributed by atoms with E-state index in [9.17, 15) is 13.2 Å². The molecule has 0 aliphatic carbocycles. The Hall–Kier alpha value is -1.93. The van der Waals surface area contributed by atoms with Crippen molar-refractivity contribution >= 4 is 26.9 Å². The van der Waals surface area contributed by atoms with Gasteiger partial charge in [-0.25, -0.2) is 8.42 Å². The second kappa shape index (κ2) is 6.29. The van der Waals surface area contributed by atoms with E-state index in [1.807, 2.05) is 13.8 Å². The highest BCUT2D eigenvalue weighted by Crippen LogP contribution is 2.22. The lowest BCUT2D eigenvalue weighted by molar-refractivity contribution is -0.140. The lowest BCUT2D eigenvalue weighted by atomic mass is 10.1. The van der Waals surface area contributed by atoms with E-state index in [1.165, 1.54) is 12.1 Å². The smallest absolute Gasteiger partial charge is 0.322 e. The van der Waals surface area contributed by atoms with E-state index in [-0.39, 0.29) is 16.9 Å². The summed E-state index contributed by atoms with van der Waals surface area (Å²) in [5, 5.41) is 14.1. The summed E-state index contributed by atoms with van der Waals surface area (Å²) in [6.07, 6.45) is 1.60. The third-order valence-electron chi connectivity index (χ3n) is 3.58. The van der Waals surface area contributed by atoms with E-state index in [2.05, 4.69) is 9.82 Å². The van der Waals surface area contributed by atoms with Crippen LogP contribution in [0.3, 0.4) is 0 Å². The van der Waals surface area contributed by atoms with Crippen molar-refractivity contribution in [1.82, 2.24) is 14.5 Å². The zero-order chi connectivity index (χ0) is 17.4. The summed E-state index contributed by atoms with van der Waals surface area (Å²) in [5.41, 5.74) is 0.831. The Morgan fingerprint density at radius 3 is 2.43 bits per heavy atom. The molecule has 0 amide bonds. The fourth-order valence-corrected chi connectivity index (χ4v) is 3.69. The Bertz CT molecular complexity index is 824. The van der Waals surface area contributed by atoms with Crippen molar-refractivity contribution in [3.05, 3.63) is 24.4 Å². The van der Waals surface area contributed by atoms with Gasteiger partial charge in [-0.05, 0) is 38.0 Å². The number of carboxylic acid groups (broad SMARTS) is 1. The van der Waals surface area contributed by atoms with Crippen LogP contribution in [0.4, 0.5) is 0 Å². The molecule has 0 aliphatic rings. The molecule has 2 aromatic rings. The second-order valence-electron chi connectivity index (χ2n) is 6.08. The quantitative estimate of drug-likeness (QED) is 0.838. The summed E-state index contributed by atoms with van der Waals surface area (Å²) in [4.78, 5) is 11.2. The highest BCUT2D eigenvalue weighted by molar-refractivity contribution is 7.89. The molecule has 0 unspecified atom stereocenters. The Morgan fingerprint density at radius 2 is 1.91 bits per heavy atom. The molecular formula is C15H21N3O4S. The fraction of sp³-hybridized carbons (Fsp3) is 0.467. The summed E-state index contributed by atoms with van der Waals surface area (Å²) in [6.45, 7) is 7.27. The molecule has 8 heteroatoms. The molecule has 0 saturated heterocycles. The van der Waals surface area contributed by atoms with Crippen LogP contribution in [0.1, 0.15) is 33.7 Å². The maximum atomic E-state index is 12.4. The van der Waals surface area contributed by atoms with Gasteiger partial charge in [-0.3, -0.25) is 9.48 Å². The summed E-state index contributed by atoms with van der Waals surface area (Å²) >= 11 is 0. The van der Waals surface area contributed by atoms with Gasteiger partial charge in [-0.15, -0.1) is 0 Å². The van der Waals surface area contributed by atoms with E-state index >= 15 is 0 Å². The molecule has 126 valence electrons. The molecule has 0 aliphatic heterocycles. The van der Waals surface area contributed by atoms with Crippen molar-refractivity contribution in [3.63, 3.8) is 0 Å². The van der Waals surface area contributed by atoms with Gasteiger partial charge in [0.2, 0.25) is 10.0 Å². The van der Waals surface area contributed by atoms with E-state index in [0.717, 1.165) is 5.52 Å². The zero-order valence-corrected chi connectivity index (χ0v) is 14.3. The number of aromatic nitrogens is 2. The summed E-state index contributed by atoms with van der Waals surface area (Å²) < 4.78 is 28.9. The molecule has 23 heavy (non-hydrogen) atoms. The molecule has 0 radical (unpaired) electrons. The van der Waals surface area contributed by atoms with Crippen LogP contribution >= 0.6 is 0 Å². The van der Waals surface area contributed by atoms with E-state index in [0.29, 0.717) is 5.39 Å². The average molecular weight is 339 g/mol. The van der Waals surface area contributed by atoms with Crippen LogP contribution in [0, 0.1) is 5.92 Å². The average Bonchev–Trinajstić information content (AvgIpc) is 2.87. The van der Waals surface area contributed by atoms with Gasteiger partial charge in [-0.1, -0.05) is 13.8 Å². The van der Waals surface area contributed by atoms with Gasteiger partial charge in [0, 0.05) is 11.4 Å². The van der Waals surface area contributed by atoms with Crippen LogP contribution < -0.4 is 4.72 Å². The monoisotopic (exact) mass is 339 g/mol. The SMILES string of the molecule is CC(C)[C@@H](NS(=O)(=O)c1ccc2c(cnn2C(C)C)c1)C(=O)O. The van der Waals surface area contributed by atoms with E-state index in [4.69, 9.17) is 5.11 Å². The highest BCUT2D eigenvalue weighted by Gasteiger charge is 2.28. The lowest BCUT2D eigenvalue weighted by Gasteiger charge is -2.18. The van der Waals surface area contributed by atoms with Crippen LogP contribution in [0.2, 0.25) is 0 Å². The standard InChI is InChI=1S/C15H21N3O4S/c1-9(2)14(15(19)20)17-23(21,22)12-5-6-13-11(7-12)8-16-18(13)10(3)4/h5-10,14,17H,1-4H3,(H,19,20)/t14-/m1/s1. The molecular weight excluding hydrogens is 318 g/mol. The van der Waals surface area contributed by atoms with Crippen molar-refractivity contribution in [2.45, 2.75) is 44.7 Å². The minimum atomic E-state index is -3.92. The molecule has 1 atom stereocenters. The first kappa shape index (κ1) is 17.4. The molecule has 1 aromatic heterocycles. The van der Waals surface area contributed by atoms with Gasteiger partial charge in [0.1, 0.15) is 6.04 Å². The Labute approximate surface area is 135 Å². The van der Waals surface area contributed by atoms with Crippen LogP contribution in [-0.2, 0) is 14.8 Å². The maximum Gasteiger partial charge on any atom is 0.322 e. The number of rotatable bonds is 6. The third kappa shape index (κ3) is 3.53. The largest absolute Gasteiger partial charge is 0.480 e. The molecule has 1 heterocycles. The Balaban J connectivity index is 2.40. The van der Waals surface area contributed by atoms with Gasteiger partial charge in [0.25, 0.3) is 0 Å². The molecule has 2 rings (SSSR count). The first-order chi connectivity index (χ1) is 10.6. The fourth-order valence-electron chi connectivity index (χ4n) is 2.32. The number of fused-ring (bicyclic) bond motifs is 1. The molecule has 0 fully saturated rings. The van der Waals surface area contributed by atoms with Crippen LogP contribution in [0.25, 0.3) is 10.9 Å². The van der Waals surface area contributed by atoms with Gasteiger partial charge in [0.15, 0.2) is 0 Å². The summed E-state index contributed by atoms with van der Waals surface area (Å²) in [6, 6.07) is 3.63. The van der Waals surface area contributed by atoms with E-state index in [1.54, 1.807) is 30.8 Å². The minimum Gasteiger partial charge on any atom is -0.480 e. The van der Waals surface area contributed by atoms with Crippen LogP contribution in [0.5, 0.6) is 0 Å². The van der Waals surface area contributed by atoms with Crippen LogP contribution in [0.15, 0.2) is 29.3 Å². The van der Waals surface area contributed by atoms with Crippen molar-refractivity contribution in [1.29, 1.82) is 0 Å². The number of hydrogen-bond donors (Lipinski definition) is 2. The predicted octanol–water partition coefficient (Wildman–Crippen LogP) is 2.00. The number of hydrogen-bond acceptors (Lipinski definition) is 4. The molecule has 1 aromatic carbocycles. The molecule has 2 N–H and O–H groups in total. The van der Waals surface area contributed by atoms with Crippen LogP contribution in [-0.4, -0.2) is 35.3 Å². The number of carbonyl (C=O) groups is 1. The lowest BCUT2D eigenvalue weighted by Crippen LogP contribution is -2.44. The number of benzene rings is 1. The summed E-state index contributed by atoms with van der Waals surface area (Å²) in [7, 11) is -3.92. The second-order valence-corrected chi connectivity index (χ2v) is 7.80. The third-order valence-corrected chi connectivity index (χ3v) is 5.02. The first-order valence-corrected chi connectivity index (χ1v) is 8.84. The number of nitrogens with one attached hydrogen (secondary N) is 1. The normalized spacial score (nSPS) is 13.8. The maximum absolute atomic E-state index is 12.4. The Morgan fingerprint density at radius 1 is 1.26 bits per heavy atom. The number of aliphatic carboxylic acids is 1. The number of carboxylic acids is 1.